The van der Waals surface area contributed by atoms with Crippen LogP contribution in [0.25, 0.3) is 11.8 Å². The van der Waals surface area contributed by atoms with Gasteiger partial charge in [-0.25, -0.2) is 0 Å². The number of allylic oxidation sites excluding steroid dienone is 1. The molecule has 1 aliphatic carbocycles. The smallest absolute Gasteiger partial charge is 0.185 e. The molecule has 4 nitrogen and oxygen atoms in total. The highest BCUT2D eigenvalue weighted by Crippen LogP contribution is 2.26. The van der Waals surface area contributed by atoms with E-state index in [1.807, 2.05) is 71.6 Å². The molecule has 4 heteroatoms. The van der Waals surface area contributed by atoms with Crippen molar-refractivity contribution in [1.29, 1.82) is 0 Å². The maximum atomic E-state index is 12.5. The third kappa shape index (κ3) is 4.38. The van der Waals surface area contributed by atoms with Crippen LogP contribution in [-0.4, -0.2) is 10.4 Å². The van der Waals surface area contributed by atoms with Crippen LogP contribution in [0.4, 0.5) is 0 Å². The first kappa shape index (κ1) is 19.2. The van der Waals surface area contributed by atoms with Crippen molar-refractivity contribution in [2.75, 3.05) is 0 Å². The van der Waals surface area contributed by atoms with E-state index in [4.69, 9.17) is 9.15 Å². The molecule has 0 radical (unpaired) electrons. The Bertz CT molecular complexity index is 1210. The summed E-state index contributed by atoms with van der Waals surface area (Å²) in [5, 5.41) is 0. The molecular weight excluding hydrogens is 386 g/mol. The van der Waals surface area contributed by atoms with Crippen molar-refractivity contribution >= 4 is 11.9 Å². The van der Waals surface area contributed by atoms with Crippen molar-refractivity contribution in [2.45, 2.75) is 25.9 Å². The molecule has 154 valence electrons. The Hall–Kier alpha value is -3.79. The molecule has 5 rings (SSSR count). The summed E-state index contributed by atoms with van der Waals surface area (Å²) in [6.07, 6.45) is 10.7. The number of aryl methyl sites for hydroxylation is 2. The van der Waals surface area contributed by atoms with Gasteiger partial charge >= 0.3 is 0 Å². The molecule has 2 heterocycles. The van der Waals surface area contributed by atoms with Gasteiger partial charge in [0, 0.05) is 23.6 Å². The Kier molecular flexibility index (Phi) is 5.28. The fourth-order valence-corrected chi connectivity index (χ4v) is 3.91. The van der Waals surface area contributed by atoms with E-state index in [0.717, 1.165) is 23.6 Å². The van der Waals surface area contributed by atoms with Crippen molar-refractivity contribution < 1.29 is 13.9 Å². The van der Waals surface area contributed by atoms with Gasteiger partial charge in [-0.05, 0) is 103 Å². The molecule has 31 heavy (non-hydrogen) atoms. The summed E-state index contributed by atoms with van der Waals surface area (Å²) < 4.78 is 13.7. The van der Waals surface area contributed by atoms with Crippen LogP contribution in [-0.2, 0) is 19.4 Å². The first-order valence-electron chi connectivity index (χ1n) is 10.5. The lowest BCUT2D eigenvalue weighted by Crippen LogP contribution is -1.96. The molecule has 0 N–H and O–H groups in total. The summed E-state index contributed by atoms with van der Waals surface area (Å²) in [4.78, 5) is 12.5. The Balaban J connectivity index is 1.18. The van der Waals surface area contributed by atoms with Gasteiger partial charge < -0.3 is 13.7 Å². The van der Waals surface area contributed by atoms with Gasteiger partial charge in [0.1, 0.15) is 23.9 Å². The minimum atomic E-state index is -0.0635. The topological polar surface area (TPSA) is 44.4 Å². The lowest BCUT2D eigenvalue weighted by molar-refractivity contribution is 0.104. The summed E-state index contributed by atoms with van der Waals surface area (Å²) in [6.45, 7) is 0.363. The van der Waals surface area contributed by atoms with Crippen molar-refractivity contribution in [3.05, 3.63) is 113 Å². The molecule has 2 aromatic heterocycles. The Morgan fingerprint density at radius 1 is 0.968 bits per heavy atom. The van der Waals surface area contributed by atoms with Gasteiger partial charge in [-0.3, -0.25) is 4.79 Å². The van der Waals surface area contributed by atoms with E-state index in [2.05, 4.69) is 12.1 Å². The molecular formula is C27H23NO3. The van der Waals surface area contributed by atoms with Crippen LogP contribution < -0.4 is 4.74 Å². The highest BCUT2D eigenvalue weighted by molar-refractivity contribution is 6.06. The van der Waals surface area contributed by atoms with E-state index in [-0.39, 0.29) is 5.78 Å². The first-order chi connectivity index (χ1) is 15.2. The molecule has 0 fully saturated rings. The average Bonchev–Trinajstić information content (AvgIpc) is 3.57. The average molecular weight is 409 g/mol. The minimum absolute atomic E-state index is 0.0635. The highest BCUT2D eigenvalue weighted by atomic mass is 16.5. The molecule has 0 saturated heterocycles. The largest absolute Gasteiger partial charge is 0.486 e. The van der Waals surface area contributed by atoms with Crippen molar-refractivity contribution in [3.8, 4) is 11.4 Å². The molecule has 0 saturated carbocycles. The quantitative estimate of drug-likeness (QED) is 0.276. The van der Waals surface area contributed by atoms with Gasteiger partial charge in [0.05, 0.1) is 0 Å². The molecule has 0 aliphatic heterocycles. The second-order valence-corrected chi connectivity index (χ2v) is 7.71. The number of furan rings is 1. The summed E-state index contributed by atoms with van der Waals surface area (Å²) in [7, 11) is 0. The number of rotatable bonds is 7. The van der Waals surface area contributed by atoms with Gasteiger partial charge in [0.15, 0.2) is 5.78 Å². The number of benzene rings is 2. The van der Waals surface area contributed by atoms with E-state index >= 15 is 0 Å². The Morgan fingerprint density at radius 2 is 1.77 bits per heavy atom. The molecule has 2 aromatic carbocycles. The van der Waals surface area contributed by atoms with E-state index in [9.17, 15) is 4.79 Å². The molecule has 0 bridgehead atoms. The molecule has 4 aromatic rings. The summed E-state index contributed by atoms with van der Waals surface area (Å²) in [6, 6.07) is 21.5. The molecule has 0 amide bonds. The van der Waals surface area contributed by atoms with Crippen LogP contribution in [0.15, 0.2) is 89.6 Å². The minimum Gasteiger partial charge on any atom is -0.486 e. The predicted octanol–water partition coefficient (Wildman–Crippen LogP) is 6.03. The number of carbonyl (C=O) groups excluding carboxylic acids is 1. The number of hydrogen-bond acceptors (Lipinski definition) is 3. The van der Waals surface area contributed by atoms with Crippen molar-refractivity contribution in [3.63, 3.8) is 0 Å². The molecule has 0 spiro atoms. The predicted molar refractivity (Wildman–Crippen MR) is 121 cm³/mol. The number of hydrogen-bond donors (Lipinski definition) is 0. The summed E-state index contributed by atoms with van der Waals surface area (Å²) in [5.41, 5.74) is 4.48. The normalized spacial score (nSPS) is 12.9. The monoisotopic (exact) mass is 409 g/mol. The van der Waals surface area contributed by atoms with E-state index in [0.29, 0.717) is 17.9 Å². The number of aromatic nitrogens is 1. The third-order valence-electron chi connectivity index (χ3n) is 5.59. The standard InChI is InChI=1S/C27H23NO3/c29-27(21-6-9-23(10-7-21)28-16-1-2-17-28)15-14-24-12-13-26(31-24)19-30-25-11-8-20-4-3-5-22(20)18-25/h1-2,6-18H,3-5,19H2/b15-14+. The van der Waals surface area contributed by atoms with Crippen LogP contribution in [0, 0.1) is 0 Å². The number of fused-ring (bicyclic) bond motifs is 1. The second-order valence-electron chi connectivity index (χ2n) is 7.71. The van der Waals surface area contributed by atoms with E-state index in [1.165, 1.54) is 30.0 Å². The lowest BCUT2D eigenvalue weighted by atomic mass is 10.1. The fourth-order valence-electron chi connectivity index (χ4n) is 3.91. The van der Waals surface area contributed by atoms with Gasteiger partial charge in [0.2, 0.25) is 0 Å². The zero-order valence-electron chi connectivity index (χ0n) is 17.2. The maximum absolute atomic E-state index is 12.5. The van der Waals surface area contributed by atoms with Crippen LogP contribution >= 0.6 is 0 Å². The van der Waals surface area contributed by atoms with Crippen LogP contribution in [0.3, 0.4) is 0 Å². The maximum Gasteiger partial charge on any atom is 0.185 e. The SMILES string of the molecule is O=C(/C=C/c1ccc(COc2ccc3c(c2)CCC3)o1)c1ccc(-n2cccc2)cc1. The fraction of sp³-hybridized carbons (Fsp3) is 0.148. The zero-order valence-corrected chi connectivity index (χ0v) is 17.2. The summed E-state index contributed by atoms with van der Waals surface area (Å²) in [5.74, 6) is 2.16. The van der Waals surface area contributed by atoms with E-state index < -0.39 is 0 Å². The second kappa shape index (κ2) is 8.52. The molecule has 0 atom stereocenters. The van der Waals surface area contributed by atoms with Gasteiger partial charge in [-0.15, -0.1) is 0 Å². The van der Waals surface area contributed by atoms with Gasteiger partial charge in [0.25, 0.3) is 0 Å². The van der Waals surface area contributed by atoms with Crippen LogP contribution in [0.5, 0.6) is 5.75 Å². The van der Waals surface area contributed by atoms with Crippen molar-refractivity contribution in [1.82, 2.24) is 4.57 Å². The molecule has 1 aliphatic rings. The Labute approximate surface area is 181 Å². The van der Waals surface area contributed by atoms with Crippen LogP contribution in [0.2, 0.25) is 0 Å². The van der Waals surface area contributed by atoms with Crippen LogP contribution in [0.1, 0.15) is 39.4 Å². The summed E-state index contributed by atoms with van der Waals surface area (Å²) >= 11 is 0. The third-order valence-corrected chi connectivity index (χ3v) is 5.59. The van der Waals surface area contributed by atoms with Crippen molar-refractivity contribution in [2.24, 2.45) is 0 Å². The van der Waals surface area contributed by atoms with Gasteiger partial charge in [-0.2, -0.15) is 0 Å². The van der Waals surface area contributed by atoms with E-state index in [1.54, 1.807) is 6.08 Å². The number of carbonyl (C=O) groups is 1. The lowest BCUT2D eigenvalue weighted by Gasteiger charge is -2.06. The number of ether oxygens (including phenoxy) is 1. The highest BCUT2D eigenvalue weighted by Gasteiger charge is 2.11. The number of nitrogens with zero attached hydrogens (tertiary/aromatic N) is 1. The molecule has 0 unspecified atom stereocenters. The van der Waals surface area contributed by atoms with Gasteiger partial charge in [-0.1, -0.05) is 6.07 Å². The first-order valence-corrected chi connectivity index (χ1v) is 10.5. The number of ketones is 1. The Morgan fingerprint density at radius 3 is 2.61 bits per heavy atom. The zero-order chi connectivity index (χ0) is 21.0.